The zero-order valence-corrected chi connectivity index (χ0v) is 14.7. The second-order valence-corrected chi connectivity index (χ2v) is 6.94. The standard InChI is InChI=1S/C16H28N4O3/c1-6-13-14(12(3)18-23-13)17-15(21)20-8-7-19(9-11(20)2)10-16(4,5)22/h11,22H,6-10H2,1-5H3,(H,17,21)/t11-/m1/s1. The number of carbonyl (C=O) groups excluding carboxylic acids is 1. The summed E-state index contributed by atoms with van der Waals surface area (Å²) in [5.41, 5.74) is 0.659. The molecule has 1 fully saturated rings. The Balaban J connectivity index is 1.97. The van der Waals surface area contributed by atoms with Crippen molar-refractivity contribution in [1.82, 2.24) is 15.0 Å². The molecule has 0 unspecified atom stereocenters. The zero-order chi connectivity index (χ0) is 17.2. The Labute approximate surface area is 137 Å². The number of aliphatic hydroxyl groups is 1. The molecule has 2 rings (SSSR count). The van der Waals surface area contributed by atoms with Crippen molar-refractivity contribution in [2.24, 2.45) is 0 Å². The van der Waals surface area contributed by atoms with Crippen LogP contribution in [0.25, 0.3) is 0 Å². The number of piperazine rings is 1. The molecule has 1 aromatic heterocycles. The molecular weight excluding hydrogens is 296 g/mol. The highest BCUT2D eigenvalue weighted by Crippen LogP contribution is 2.22. The van der Waals surface area contributed by atoms with Gasteiger partial charge in [0.1, 0.15) is 11.4 Å². The average Bonchev–Trinajstić information content (AvgIpc) is 2.77. The molecule has 0 radical (unpaired) electrons. The monoisotopic (exact) mass is 324 g/mol. The summed E-state index contributed by atoms with van der Waals surface area (Å²) in [5.74, 6) is 0.698. The van der Waals surface area contributed by atoms with Crippen molar-refractivity contribution in [2.75, 3.05) is 31.5 Å². The van der Waals surface area contributed by atoms with Crippen LogP contribution in [-0.4, -0.2) is 63.9 Å². The first-order valence-corrected chi connectivity index (χ1v) is 8.18. The Bertz CT molecular complexity index is 550. The van der Waals surface area contributed by atoms with E-state index < -0.39 is 5.60 Å². The maximum atomic E-state index is 12.6. The lowest BCUT2D eigenvalue weighted by Gasteiger charge is -2.41. The van der Waals surface area contributed by atoms with E-state index in [9.17, 15) is 9.90 Å². The Kier molecular flexibility index (Phi) is 5.31. The largest absolute Gasteiger partial charge is 0.389 e. The minimum atomic E-state index is -0.722. The Hall–Kier alpha value is -1.60. The van der Waals surface area contributed by atoms with Crippen LogP contribution in [0.5, 0.6) is 0 Å². The molecule has 1 saturated heterocycles. The molecule has 0 bridgehead atoms. The van der Waals surface area contributed by atoms with Crippen LogP contribution in [0.3, 0.4) is 0 Å². The summed E-state index contributed by atoms with van der Waals surface area (Å²) in [6.45, 7) is 12.2. The molecule has 1 aliphatic rings. The topological polar surface area (TPSA) is 81.8 Å². The summed E-state index contributed by atoms with van der Waals surface area (Å²) in [6, 6.07) is -0.0437. The fourth-order valence-electron chi connectivity index (χ4n) is 3.02. The van der Waals surface area contributed by atoms with Crippen molar-refractivity contribution >= 4 is 11.7 Å². The molecule has 7 nitrogen and oxygen atoms in total. The SMILES string of the molecule is CCc1onc(C)c1NC(=O)N1CCN(CC(C)(C)O)C[C@H]1C. The van der Waals surface area contributed by atoms with E-state index in [1.165, 1.54) is 0 Å². The zero-order valence-electron chi connectivity index (χ0n) is 14.7. The molecule has 0 spiro atoms. The van der Waals surface area contributed by atoms with Crippen molar-refractivity contribution in [2.45, 2.75) is 52.7 Å². The molecular formula is C16H28N4O3. The molecule has 0 aliphatic carbocycles. The quantitative estimate of drug-likeness (QED) is 0.883. The van der Waals surface area contributed by atoms with E-state index in [0.717, 1.165) is 13.1 Å². The van der Waals surface area contributed by atoms with Crippen LogP contribution in [-0.2, 0) is 6.42 Å². The minimum Gasteiger partial charge on any atom is -0.389 e. The van der Waals surface area contributed by atoms with E-state index in [2.05, 4.69) is 15.4 Å². The number of carbonyl (C=O) groups is 1. The lowest BCUT2D eigenvalue weighted by molar-refractivity contribution is 0.0130. The van der Waals surface area contributed by atoms with Gasteiger partial charge in [0.2, 0.25) is 0 Å². The van der Waals surface area contributed by atoms with Gasteiger partial charge in [0.15, 0.2) is 5.76 Å². The van der Waals surface area contributed by atoms with Crippen LogP contribution in [0.4, 0.5) is 10.5 Å². The van der Waals surface area contributed by atoms with E-state index in [0.29, 0.717) is 36.7 Å². The average molecular weight is 324 g/mol. The number of aryl methyl sites for hydroxylation is 2. The summed E-state index contributed by atoms with van der Waals surface area (Å²) >= 11 is 0. The van der Waals surface area contributed by atoms with E-state index in [1.54, 1.807) is 13.8 Å². The maximum absolute atomic E-state index is 12.6. The van der Waals surface area contributed by atoms with Gasteiger partial charge in [0.25, 0.3) is 0 Å². The normalized spacial score (nSPS) is 19.9. The van der Waals surface area contributed by atoms with Crippen LogP contribution in [0.1, 0.15) is 39.1 Å². The molecule has 0 aromatic carbocycles. The van der Waals surface area contributed by atoms with Gasteiger partial charge < -0.3 is 19.8 Å². The summed E-state index contributed by atoms with van der Waals surface area (Å²) < 4.78 is 5.21. The Morgan fingerprint density at radius 2 is 2.17 bits per heavy atom. The molecule has 1 atom stereocenters. The lowest BCUT2D eigenvalue weighted by atomic mass is 10.1. The highest BCUT2D eigenvalue weighted by Gasteiger charge is 2.30. The summed E-state index contributed by atoms with van der Waals surface area (Å²) in [5, 5.41) is 16.8. The predicted molar refractivity (Wildman–Crippen MR) is 88.5 cm³/mol. The van der Waals surface area contributed by atoms with Crippen LogP contribution in [0.2, 0.25) is 0 Å². The Morgan fingerprint density at radius 3 is 2.74 bits per heavy atom. The van der Waals surface area contributed by atoms with E-state index in [1.807, 2.05) is 25.7 Å². The van der Waals surface area contributed by atoms with Gasteiger partial charge in [0, 0.05) is 38.6 Å². The predicted octanol–water partition coefficient (Wildman–Crippen LogP) is 1.85. The van der Waals surface area contributed by atoms with Gasteiger partial charge in [-0.25, -0.2) is 4.79 Å². The maximum Gasteiger partial charge on any atom is 0.322 e. The number of β-amino-alcohol motifs (C(OH)–C–C–N with tert-alkyl or cyclic N) is 1. The highest BCUT2D eigenvalue weighted by atomic mass is 16.5. The number of hydrogen-bond acceptors (Lipinski definition) is 5. The minimum absolute atomic E-state index is 0.0799. The first-order chi connectivity index (χ1) is 10.7. The van der Waals surface area contributed by atoms with Crippen LogP contribution < -0.4 is 5.32 Å². The van der Waals surface area contributed by atoms with Gasteiger partial charge in [-0.3, -0.25) is 4.90 Å². The van der Waals surface area contributed by atoms with Gasteiger partial charge >= 0.3 is 6.03 Å². The van der Waals surface area contributed by atoms with Crippen LogP contribution in [0.15, 0.2) is 4.52 Å². The Morgan fingerprint density at radius 1 is 1.48 bits per heavy atom. The van der Waals surface area contributed by atoms with E-state index in [-0.39, 0.29) is 12.1 Å². The van der Waals surface area contributed by atoms with Crippen molar-refractivity contribution in [3.05, 3.63) is 11.5 Å². The number of hydrogen-bond donors (Lipinski definition) is 2. The number of anilines is 1. The molecule has 130 valence electrons. The number of amides is 2. The van der Waals surface area contributed by atoms with Crippen LogP contribution >= 0.6 is 0 Å². The second kappa shape index (κ2) is 6.88. The van der Waals surface area contributed by atoms with Gasteiger partial charge in [0.05, 0.1) is 5.60 Å². The van der Waals surface area contributed by atoms with Crippen molar-refractivity contribution in [3.63, 3.8) is 0 Å². The molecule has 1 aromatic rings. The van der Waals surface area contributed by atoms with Crippen molar-refractivity contribution in [3.8, 4) is 0 Å². The summed E-state index contributed by atoms with van der Waals surface area (Å²) in [6.07, 6.45) is 0.686. The first-order valence-electron chi connectivity index (χ1n) is 8.18. The number of aromatic nitrogens is 1. The smallest absolute Gasteiger partial charge is 0.322 e. The number of rotatable bonds is 4. The fourth-order valence-corrected chi connectivity index (χ4v) is 3.02. The number of urea groups is 1. The van der Waals surface area contributed by atoms with Crippen molar-refractivity contribution < 1.29 is 14.4 Å². The van der Waals surface area contributed by atoms with Crippen molar-refractivity contribution in [1.29, 1.82) is 0 Å². The summed E-state index contributed by atoms with van der Waals surface area (Å²) in [4.78, 5) is 16.6. The molecule has 7 heteroatoms. The van der Waals surface area contributed by atoms with E-state index in [4.69, 9.17) is 4.52 Å². The molecule has 0 saturated carbocycles. The molecule has 23 heavy (non-hydrogen) atoms. The molecule has 2 amide bonds. The number of nitrogens with zero attached hydrogens (tertiary/aromatic N) is 3. The molecule has 2 N–H and O–H groups in total. The third-order valence-corrected chi connectivity index (χ3v) is 4.07. The van der Waals surface area contributed by atoms with Gasteiger partial charge in [-0.2, -0.15) is 0 Å². The van der Waals surface area contributed by atoms with Crippen LogP contribution in [0, 0.1) is 6.92 Å². The van der Waals surface area contributed by atoms with Gasteiger partial charge in [-0.05, 0) is 27.7 Å². The fraction of sp³-hybridized carbons (Fsp3) is 0.750. The number of nitrogens with one attached hydrogen (secondary N) is 1. The molecule has 2 heterocycles. The molecule has 1 aliphatic heterocycles. The summed E-state index contributed by atoms with van der Waals surface area (Å²) in [7, 11) is 0. The highest BCUT2D eigenvalue weighted by molar-refractivity contribution is 5.90. The van der Waals surface area contributed by atoms with Gasteiger partial charge in [-0.1, -0.05) is 12.1 Å². The van der Waals surface area contributed by atoms with E-state index >= 15 is 0 Å². The van der Waals surface area contributed by atoms with Gasteiger partial charge in [-0.15, -0.1) is 0 Å². The third kappa shape index (κ3) is 4.45. The lowest BCUT2D eigenvalue weighted by Crippen LogP contribution is -2.57. The first kappa shape index (κ1) is 17.7. The third-order valence-electron chi connectivity index (χ3n) is 4.07. The second-order valence-electron chi connectivity index (χ2n) is 6.94.